The van der Waals surface area contributed by atoms with Crippen LogP contribution in [0.2, 0.25) is 0 Å². The van der Waals surface area contributed by atoms with Crippen LogP contribution in [0.3, 0.4) is 0 Å². The lowest BCUT2D eigenvalue weighted by molar-refractivity contribution is -0.138. The molecular weight excluding hydrogens is 318 g/mol. The van der Waals surface area contributed by atoms with Gasteiger partial charge in [0.25, 0.3) is 5.91 Å². The molecule has 2 unspecified atom stereocenters. The van der Waals surface area contributed by atoms with Gasteiger partial charge in [0.15, 0.2) is 0 Å². The van der Waals surface area contributed by atoms with E-state index in [4.69, 9.17) is 9.84 Å². The molecule has 5 heteroatoms. The van der Waals surface area contributed by atoms with E-state index in [1.807, 2.05) is 18.2 Å². The molecule has 2 atom stereocenters. The number of anilines is 1. The molecule has 0 bridgehead atoms. The zero-order chi connectivity index (χ0) is 17.8. The van der Waals surface area contributed by atoms with E-state index in [0.29, 0.717) is 29.3 Å². The van der Waals surface area contributed by atoms with Crippen molar-refractivity contribution in [3.05, 3.63) is 65.2 Å². The van der Waals surface area contributed by atoms with Gasteiger partial charge >= 0.3 is 5.97 Å². The highest BCUT2D eigenvalue weighted by molar-refractivity contribution is 6.04. The summed E-state index contributed by atoms with van der Waals surface area (Å²) in [6, 6.07) is 14.5. The molecule has 5 nitrogen and oxygen atoms in total. The van der Waals surface area contributed by atoms with E-state index in [1.54, 1.807) is 37.3 Å². The third-order valence-corrected chi connectivity index (χ3v) is 4.56. The molecule has 130 valence electrons. The van der Waals surface area contributed by atoms with Crippen molar-refractivity contribution < 1.29 is 19.4 Å². The maximum absolute atomic E-state index is 12.5. The summed E-state index contributed by atoms with van der Waals surface area (Å²) in [5, 5.41) is 12.0. The minimum atomic E-state index is -0.894. The number of aliphatic carboxylic acids is 1. The van der Waals surface area contributed by atoms with Gasteiger partial charge in [0.2, 0.25) is 0 Å². The van der Waals surface area contributed by atoms with Crippen molar-refractivity contribution in [3.63, 3.8) is 0 Å². The van der Waals surface area contributed by atoms with Crippen LogP contribution >= 0.6 is 0 Å². The third-order valence-electron chi connectivity index (χ3n) is 4.56. The zero-order valence-corrected chi connectivity index (χ0v) is 14.1. The lowest BCUT2D eigenvalue weighted by Crippen LogP contribution is -2.13. The maximum Gasteiger partial charge on any atom is 0.310 e. The molecule has 1 aliphatic heterocycles. The molecule has 1 aliphatic rings. The molecule has 2 N–H and O–H groups in total. The summed E-state index contributed by atoms with van der Waals surface area (Å²) in [7, 11) is 0. The topological polar surface area (TPSA) is 75.6 Å². The van der Waals surface area contributed by atoms with E-state index in [0.717, 1.165) is 18.6 Å². The number of carboxylic acids is 1. The first kappa shape index (κ1) is 17.2. The first-order valence-corrected chi connectivity index (χ1v) is 8.36. The Hall–Kier alpha value is -2.66. The number of carboxylic acid groups (broad SMARTS) is 1. The van der Waals surface area contributed by atoms with Crippen LogP contribution < -0.4 is 5.32 Å². The van der Waals surface area contributed by atoms with Gasteiger partial charge in [0.05, 0.1) is 12.5 Å². The van der Waals surface area contributed by atoms with Crippen LogP contribution in [0.1, 0.15) is 46.7 Å². The number of ether oxygens (including phenoxy) is 1. The van der Waals surface area contributed by atoms with E-state index < -0.39 is 11.9 Å². The minimum absolute atomic E-state index is 0.208. The van der Waals surface area contributed by atoms with Gasteiger partial charge in [-0.1, -0.05) is 24.3 Å². The number of nitrogens with one attached hydrogen (secondary N) is 1. The fraction of sp³-hybridized carbons (Fsp3) is 0.300. The fourth-order valence-corrected chi connectivity index (χ4v) is 2.96. The number of hydrogen-bond acceptors (Lipinski definition) is 3. The molecule has 25 heavy (non-hydrogen) atoms. The fourth-order valence-electron chi connectivity index (χ4n) is 2.96. The number of hydrogen-bond donors (Lipinski definition) is 2. The first-order valence-electron chi connectivity index (χ1n) is 8.36. The van der Waals surface area contributed by atoms with Gasteiger partial charge in [-0.25, -0.2) is 0 Å². The van der Waals surface area contributed by atoms with Gasteiger partial charge in [-0.05, 0) is 48.7 Å². The zero-order valence-electron chi connectivity index (χ0n) is 14.1. The van der Waals surface area contributed by atoms with Crippen LogP contribution in [-0.4, -0.2) is 30.2 Å². The van der Waals surface area contributed by atoms with Crippen LogP contribution in [0.4, 0.5) is 5.69 Å². The average molecular weight is 339 g/mol. The molecule has 2 aromatic rings. The molecule has 0 aromatic heterocycles. The van der Waals surface area contributed by atoms with Crippen molar-refractivity contribution in [1.82, 2.24) is 0 Å². The van der Waals surface area contributed by atoms with Crippen LogP contribution in [-0.2, 0) is 9.53 Å². The number of amides is 1. The molecule has 0 saturated carbocycles. The third kappa shape index (κ3) is 4.06. The van der Waals surface area contributed by atoms with Gasteiger partial charge in [0.1, 0.15) is 0 Å². The standard InChI is InChI=1S/C20H21NO4/c1-13(20(23)24)14-4-3-7-18(11-14)21-19(22)16-6-2-5-15(10-16)17-8-9-25-12-17/h2-7,10-11,13,17H,8-9,12H2,1H3,(H,21,22)(H,23,24). The molecule has 1 amide bonds. The Kier molecular flexibility index (Phi) is 5.14. The van der Waals surface area contributed by atoms with Gasteiger partial charge < -0.3 is 15.2 Å². The van der Waals surface area contributed by atoms with E-state index in [-0.39, 0.29) is 5.91 Å². The Bertz CT molecular complexity index is 781. The largest absolute Gasteiger partial charge is 0.481 e. The number of rotatable bonds is 5. The molecule has 2 aromatic carbocycles. The first-order chi connectivity index (χ1) is 12.0. The molecule has 1 saturated heterocycles. The van der Waals surface area contributed by atoms with Crippen molar-refractivity contribution >= 4 is 17.6 Å². The Morgan fingerprint density at radius 1 is 1.20 bits per heavy atom. The van der Waals surface area contributed by atoms with Gasteiger partial charge in [0, 0.05) is 23.8 Å². The smallest absolute Gasteiger partial charge is 0.310 e. The van der Waals surface area contributed by atoms with E-state index in [9.17, 15) is 9.59 Å². The van der Waals surface area contributed by atoms with Crippen molar-refractivity contribution in [3.8, 4) is 0 Å². The van der Waals surface area contributed by atoms with Crippen molar-refractivity contribution in [2.75, 3.05) is 18.5 Å². The Morgan fingerprint density at radius 3 is 2.72 bits per heavy atom. The van der Waals surface area contributed by atoms with Crippen molar-refractivity contribution in [1.29, 1.82) is 0 Å². The van der Waals surface area contributed by atoms with Gasteiger partial charge in [-0.15, -0.1) is 0 Å². The molecule has 0 aliphatic carbocycles. The van der Waals surface area contributed by atoms with Gasteiger partial charge in [-0.3, -0.25) is 9.59 Å². The summed E-state index contributed by atoms with van der Waals surface area (Å²) in [5.74, 6) is -1.38. The van der Waals surface area contributed by atoms with E-state index in [1.165, 1.54) is 0 Å². The number of carbonyl (C=O) groups is 2. The Labute approximate surface area is 146 Å². The Morgan fingerprint density at radius 2 is 2.00 bits per heavy atom. The normalized spacial score (nSPS) is 17.9. The molecular formula is C20H21NO4. The number of benzene rings is 2. The van der Waals surface area contributed by atoms with E-state index in [2.05, 4.69) is 5.32 Å². The highest BCUT2D eigenvalue weighted by Gasteiger charge is 2.19. The van der Waals surface area contributed by atoms with Crippen LogP contribution in [0.15, 0.2) is 48.5 Å². The second kappa shape index (κ2) is 7.49. The summed E-state index contributed by atoms with van der Waals surface area (Å²) < 4.78 is 5.41. The molecule has 0 spiro atoms. The summed E-state index contributed by atoms with van der Waals surface area (Å²) in [6.45, 7) is 3.08. The minimum Gasteiger partial charge on any atom is -0.481 e. The summed E-state index contributed by atoms with van der Waals surface area (Å²) in [4.78, 5) is 23.7. The predicted molar refractivity (Wildman–Crippen MR) is 95.1 cm³/mol. The highest BCUT2D eigenvalue weighted by Crippen LogP contribution is 2.26. The summed E-state index contributed by atoms with van der Waals surface area (Å²) in [5.41, 5.74) is 2.94. The van der Waals surface area contributed by atoms with Crippen molar-refractivity contribution in [2.45, 2.75) is 25.2 Å². The van der Waals surface area contributed by atoms with Crippen molar-refractivity contribution in [2.24, 2.45) is 0 Å². The predicted octanol–water partition coefficient (Wildman–Crippen LogP) is 3.63. The second-order valence-electron chi connectivity index (χ2n) is 6.33. The monoisotopic (exact) mass is 339 g/mol. The molecule has 1 fully saturated rings. The summed E-state index contributed by atoms with van der Waals surface area (Å²) >= 11 is 0. The van der Waals surface area contributed by atoms with Crippen LogP contribution in [0, 0.1) is 0 Å². The maximum atomic E-state index is 12.5. The SMILES string of the molecule is CC(C(=O)O)c1cccc(NC(=O)c2cccc(C3CCOC3)c2)c1. The number of carbonyl (C=O) groups excluding carboxylic acids is 1. The van der Waals surface area contributed by atoms with E-state index >= 15 is 0 Å². The molecule has 1 heterocycles. The molecule has 0 radical (unpaired) electrons. The summed E-state index contributed by atoms with van der Waals surface area (Å²) in [6.07, 6.45) is 0.972. The quantitative estimate of drug-likeness (QED) is 0.872. The van der Waals surface area contributed by atoms with Crippen LogP contribution in [0.25, 0.3) is 0 Å². The highest BCUT2D eigenvalue weighted by atomic mass is 16.5. The lowest BCUT2D eigenvalue weighted by Gasteiger charge is -2.12. The average Bonchev–Trinajstić information content (AvgIpc) is 3.16. The molecule has 3 rings (SSSR count). The Balaban J connectivity index is 1.75. The van der Waals surface area contributed by atoms with Crippen LogP contribution in [0.5, 0.6) is 0 Å². The second-order valence-corrected chi connectivity index (χ2v) is 6.33. The lowest BCUT2D eigenvalue weighted by atomic mass is 9.96. The van der Waals surface area contributed by atoms with Gasteiger partial charge in [-0.2, -0.15) is 0 Å².